The number of halogens is 3. The normalized spacial score (nSPS) is 18.9. The Morgan fingerprint density at radius 2 is 2.14 bits per heavy atom. The van der Waals surface area contributed by atoms with E-state index in [2.05, 4.69) is 29.1 Å². The first kappa shape index (κ1) is 8.53. The van der Waals surface area contributed by atoms with Crippen LogP contribution in [0.15, 0.2) is 0 Å². The first-order valence-electron chi connectivity index (χ1n) is 1.93. The molecule has 0 aromatic carbocycles. The van der Waals surface area contributed by atoms with Crippen molar-refractivity contribution in [2.24, 2.45) is 0 Å². The van der Waals surface area contributed by atoms with E-state index in [-0.39, 0.29) is 0 Å². The van der Waals surface area contributed by atoms with Gasteiger partial charge in [0.05, 0.1) is 0 Å². The zero-order valence-corrected chi connectivity index (χ0v) is 8.72. The van der Waals surface area contributed by atoms with Crippen LogP contribution in [0, 0.1) is 0 Å². The number of hydrogen-bond donors (Lipinski definition) is 0. The van der Waals surface area contributed by atoms with Gasteiger partial charge in [0.15, 0.2) is 7.38 Å². The van der Waals surface area contributed by atoms with Crippen LogP contribution in [0.25, 0.3) is 0 Å². The van der Waals surface area contributed by atoms with Crippen LogP contribution in [0.3, 0.4) is 0 Å². The summed E-state index contributed by atoms with van der Waals surface area (Å²) in [6.45, 7) is 2.06. The first-order chi connectivity index (χ1) is 3.12. The first-order valence-corrected chi connectivity index (χ1v) is 7.92. The molecule has 0 spiro atoms. The standard InChI is InChI=1S/C3H7Cl2ISi/c1-7(5,2-4)3-6/h2-3H2,1H3. The predicted octanol–water partition coefficient (Wildman–Crippen LogP) is 2.55. The number of hydrogen-bond acceptors (Lipinski definition) is 0. The van der Waals surface area contributed by atoms with Gasteiger partial charge in [-0.25, -0.2) is 0 Å². The summed E-state index contributed by atoms with van der Waals surface area (Å²) in [5, 5.41) is 0. The highest BCUT2D eigenvalue weighted by molar-refractivity contribution is 14.1. The lowest BCUT2D eigenvalue weighted by molar-refractivity contribution is 1.81. The van der Waals surface area contributed by atoms with Gasteiger partial charge in [-0.3, -0.25) is 0 Å². The summed E-state index contributed by atoms with van der Waals surface area (Å²) < 4.78 is 1.04. The van der Waals surface area contributed by atoms with E-state index >= 15 is 0 Å². The molecule has 0 aliphatic rings. The van der Waals surface area contributed by atoms with Crippen LogP contribution >= 0.6 is 45.3 Å². The van der Waals surface area contributed by atoms with Gasteiger partial charge in [-0.2, -0.15) is 11.1 Å². The van der Waals surface area contributed by atoms with E-state index in [1.165, 1.54) is 0 Å². The second-order valence-electron chi connectivity index (χ2n) is 1.68. The molecule has 0 radical (unpaired) electrons. The molecule has 0 amide bonds. The molecule has 0 rings (SSSR count). The molecule has 0 fully saturated rings. The van der Waals surface area contributed by atoms with Crippen molar-refractivity contribution in [1.82, 2.24) is 0 Å². The van der Waals surface area contributed by atoms with Gasteiger partial charge in [-0.1, -0.05) is 29.1 Å². The van der Waals surface area contributed by atoms with Gasteiger partial charge in [-0.15, -0.1) is 11.6 Å². The zero-order chi connectivity index (χ0) is 5.91. The molecule has 0 nitrogen and oxygen atoms in total. The van der Waals surface area contributed by atoms with Gasteiger partial charge in [0, 0.05) is 9.55 Å². The van der Waals surface area contributed by atoms with Crippen LogP contribution in [-0.2, 0) is 0 Å². The Hall–Kier alpha value is 1.53. The molecule has 0 aromatic rings. The average molecular weight is 269 g/mol. The van der Waals surface area contributed by atoms with E-state index in [1.807, 2.05) is 0 Å². The van der Waals surface area contributed by atoms with Crippen molar-refractivity contribution in [1.29, 1.82) is 0 Å². The van der Waals surface area contributed by atoms with E-state index in [0.29, 0.717) is 5.50 Å². The molecule has 1 atom stereocenters. The highest BCUT2D eigenvalue weighted by atomic mass is 127. The van der Waals surface area contributed by atoms with Gasteiger partial charge < -0.3 is 0 Å². The monoisotopic (exact) mass is 268 g/mol. The topological polar surface area (TPSA) is 0 Å². The second-order valence-corrected chi connectivity index (χ2v) is 10.9. The molecule has 0 N–H and O–H groups in total. The Morgan fingerprint density at radius 3 is 2.14 bits per heavy atom. The molecule has 0 saturated carbocycles. The van der Waals surface area contributed by atoms with Gasteiger partial charge in [0.2, 0.25) is 0 Å². The lowest BCUT2D eigenvalue weighted by atomic mass is 11.8. The van der Waals surface area contributed by atoms with Gasteiger partial charge in [0.1, 0.15) is 0 Å². The highest BCUT2D eigenvalue weighted by Crippen LogP contribution is 2.12. The van der Waals surface area contributed by atoms with Crippen LogP contribution < -0.4 is 0 Å². The van der Waals surface area contributed by atoms with Crippen molar-refractivity contribution in [3.8, 4) is 0 Å². The Morgan fingerprint density at radius 1 is 1.71 bits per heavy atom. The fourth-order valence-corrected chi connectivity index (χ4v) is 2.16. The number of alkyl halides is 2. The minimum absolute atomic E-state index is 0.664. The molecule has 1 unspecified atom stereocenters. The summed E-state index contributed by atoms with van der Waals surface area (Å²) >= 11 is 13.7. The molecule has 0 bridgehead atoms. The van der Waals surface area contributed by atoms with Crippen molar-refractivity contribution in [2.45, 2.75) is 6.55 Å². The quantitative estimate of drug-likeness (QED) is 0.313. The fraction of sp³-hybridized carbons (Fsp3) is 1.00. The minimum atomic E-state index is -1.43. The molecule has 44 valence electrons. The molecule has 4 heteroatoms. The maximum absolute atomic E-state index is 5.90. The Balaban J connectivity index is 3.36. The lowest BCUT2D eigenvalue weighted by Crippen LogP contribution is -2.27. The maximum Gasteiger partial charge on any atom is 0.177 e. The van der Waals surface area contributed by atoms with E-state index in [0.717, 1.165) is 4.05 Å². The third-order valence-corrected chi connectivity index (χ3v) is 11.1. The minimum Gasteiger partial charge on any atom is -0.165 e. The van der Waals surface area contributed by atoms with Crippen molar-refractivity contribution < 1.29 is 0 Å². The maximum atomic E-state index is 5.90. The van der Waals surface area contributed by atoms with Crippen molar-refractivity contribution >= 4 is 52.7 Å². The Labute approximate surface area is 68.4 Å². The van der Waals surface area contributed by atoms with Gasteiger partial charge in [-0.05, 0) is 0 Å². The Kier molecular flexibility index (Phi) is 4.30. The van der Waals surface area contributed by atoms with Crippen molar-refractivity contribution in [3.63, 3.8) is 0 Å². The summed E-state index contributed by atoms with van der Waals surface area (Å²) in [4.78, 5) is 0. The summed E-state index contributed by atoms with van der Waals surface area (Å²) in [6, 6.07) is 0. The van der Waals surface area contributed by atoms with Crippen LogP contribution in [0.5, 0.6) is 0 Å². The summed E-state index contributed by atoms with van der Waals surface area (Å²) in [5.41, 5.74) is 0.664. The smallest absolute Gasteiger partial charge is 0.165 e. The molecule has 0 aliphatic heterocycles. The van der Waals surface area contributed by atoms with Crippen molar-refractivity contribution in [3.05, 3.63) is 0 Å². The van der Waals surface area contributed by atoms with Crippen LogP contribution in [0.4, 0.5) is 0 Å². The van der Waals surface area contributed by atoms with Gasteiger partial charge >= 0.3 is 0 Å². The Bertz CT molecular complexity index is 50.9. The van der Waals surface area contributed by atoms with Crippen molar-refractivity contribution in [2.75, 3.05) is 9.55 Å². The third kappa shape index (κ3) is 4.06. The number of rotatable bonds is 2. The molecular weight excluding hydrogens is 262 g/mol. The lowest BCUT2D eigenvalue weighted by Gasteiger charge is -2.08. The summed E-state index contributed by atoms with van der Waals surface area (Å²) in [5.74, 6) is 0. The SMILES string of the molecule is C[Si](Cl)(CCl)CI. The third-order valence-electron chi connectivity index (χ3n) is 0.557. The van der Waals surface area contributed by atoms with Crippen LogP contribution in [-0.4, -0.2) is 16.9 Å². The molecule has 0 aromatic heterocycles. The van der Waals surface area contributed by atoms with E-state index in [1.54, 1.807) is 0 Å². The zero-order valence-electron chi connectivity index (χ0n) is 4.05. The fourth-order valence-electron chi connectivity index (χ4n) is 0.0357. The van der Waals surface area contributed by atoms with E-state index in [9.17, 15) is 0 Å². The van der Waals surface area contributed by atoms with Gasteiger partial charge in [0.25, 0.3) is 0 Å². The summed E-state index contributed by atoms with van der Waals surface area (Å²) in [6.07, 6.45) is 0. The molecule has 7 heavy (non-hydrogen) atoms. The molecule has 0 saturated heterocycles. The second kappa shape index (κ2) is 3.53. The largest absolute Gasteiger partial charge is 0.177 e. The van der Waals surface area contributed by atoms with E-state index < -0.39 is 7.38 Å². The average Bonchev–Trinajstić information content (AvgIpc) is 1.68. The van der Waals surface area contributed by atoms with Crippen LogP contribution in [0.1, 0.15) is 0 Å². The summed E-state index contributed by atoms with van der Waals surface area (Å²) in [7, 11) is -1.43. The van der Waals surface area contributed by atoms with Crippen LogP contribution in [0.2, 0.25) is 6.55 Å². The highest BCUT2D eigenvalue weighted by Gasteiger charge is 2.20. The molecule has 0 heterocycles. The molecular formula is C3H7Cl2ISi. The molecule has 0 aliphatic carbocycles. The predicted molar refractivity (Wildman–Crippen MR) is 47.1 cm³/mol. The van der Waals surface area contributed by atoms with E-state index in [4.69, 9.17) is 22.7 Å².